The molecule has 0 aliphatic heterocycles. The normalized spacial score (nSPS) is 13.5. The van der Waals surface area contributed by atoms with E-state index in [1.165, 1.54) is 12.4 Å². The van der Waals surface area contributed by atoms with Crippen LogP contribution < -0.4 is 0 Å². The van der Waals surface area contributed by atoms with Crippen LogP contribution in [0.5, 0.6) is 0 Å². The van der Waals surface area contributed by atoms with Crippen LogP contribution in [0, 0.1) is 0 Å². The van der Waals surface area contributed by atoms with E-state index in [1.807, 2.05) is 0 Å². The molecule has 6 nitrogen and oxygen atoms in total. The second-order valence-corrected chi connectivity index (χ2v) is 6.91. The Bertz CT molecular complexity index is 754. The van der Waals surface area contributed by atoms with Crippen LogP contribution in [0.3, 0.4) is 0 Å². The van der Waals surface area contributed by atoms with Gasteiger partial charge in [-0.1, -0.05) is 12.1 Å². The number of pyridine rings is 2. The van der Waals surface area contributed by atoms with E-state index >= 15 is 0 Å². The summed E-state index contributed by atoms with van der Waals surface area (Å²) in [6.07, 6.45) is 2.00. The Morgan fingerprint density at radius 1 is 1.00 bits per heavy atom. The highest BCUT2D eigenvalue weighted by molar-refractivity contribution is 9.10. The number of nitrogens with zero attached hydrogens (tertiary/aromatic N) is 4. The molecule has 2 heterocycles. The smallest absolute Gasteiger partial charge is 0.514 e. The van der Waals surface area contributed by atoms with Gasteiger partial charge >= 0.3 is 7.11 Å². The molecule has 0 amide bonds. The Morgan fingerprint density at radius 3 is 1.89 bits per heavy atom. The third-order valence-corrected chi connectivity index (χ3v) is 4.05. The zero-order valence-electron chi connectivity index (χ0n) is 14.3. The molecular weight excluding hydrogens is 489 g/mol. The summed E-state index contributed by atoms with van der Waals surface area (Å²) >= 11 is 6.51. The minimum atomic E-state index is -4.39. The molecule has 0 fully saturated rings. The molecule has 2 aromatic heterocycles. The van der Waals surface area contributed by atoms with Gasteiger partial charge in [-0.15, -0.1) is 0 Å². The van der Waals surface area contributed by atoms with E-state index in [9.17, 15) is 8.63 Å². The van der Waals surface area contributed by atoms with Crippen LogP contribution in [0.1, 0.15) is 11.4 Å². The van der Waals surface area contributed by atoms with Gasteiger partial charge in [-0.3, -0.25) is 9.98 Å². The molecule has 0 saturated heterocycles. The summed E-state index contributed by atoms with van der Waals surface area (Å²) in [6.45, 7) is -0.0592. The molecule has 27 heavy (non-hydrogen) atoms. The van der Waals surface area contributed by atoms with Gasteiger partial charge in [0.15, 0.2) is 0 Å². The van der Waals surface area contributed by atoms with Crippen LogP contribution in [0.4, 0.5) is 8.63 Å². The van der Waals surface area contributed by atoms with Crippen molar-refractivity contribution < 1.29 is 17.9 Å². The summed E-state index contributed by atoms with van der Waals surface area (Å²) in [5.74, 6) is 0. The first-order valence-electron chi connectivity index (χ1n) is 7.85. The zero-order chi connectivity index (χ0) is 19.7. The molecule has 2 aromatic rings. The Labute approximate surface area is 172 Å². The first-order valence-corrected chi connectivity index (χ1v) is 9.44. The molecule has 0 N–H and O–H groups in total. The fraction of sp³-hybridized carbons (Fsp3) is 0.250. The van der Waals surface area contributed by atoms with E-state index in [0.29, 0.717) is 20.6 Å². The number of hydrogen-bond acceptors (Lipinski definition) is 6. The minimum Gasteiger partial charge on any atom is -0.514 e. The van der Waals surface area contributed by atoms with E-state index in [-0.39, 0.29) is 13.1 Å². The number of aromatic nitrogens is 2. The second kappa shape index (κ2) is 10.7. The summed E-state index contributed by atoms with van der Waals surface area (Å²) in [6, 6.07) is 10.6. The summed E-state index contributed by atoms with van der Waals surface area (Å²) < 4.78 is 37.1. The summed E-state index contributed by atoms with van der Waals surface area (Å²) in [5, 5.41) is 0. The number of rotatable bonds is 9. The molecule has 0 aliphatic rings. The third kappa shape index (κ3) is 8.33. The lowest BCUT2D eigenvalue weighted by molar-refractivity contribution is 0.0697. The molecule has 11 heteroatoms. The van der Waals surface area contributed by atoms with Gasteiger partial charge in [0.1, 0.15) is 9.21 Å². The van der Waals surface area contributed by atoms with Gasteiger partial charge < -0.3 is 17.9 Å². The van der Waals surface area contributed by atoms with Crippen molar-refractivity contribution in [3.05, 3.63) is 57.0 Å². The highest BCUT2D eigenvalue weighted by Crippen LogP contribution is 2.13. The maximum Gasteiger partial charge on any atom is 0.601 e. The number of aliphatic imine (C=N–C) groups is 2. The van der Waals surface area contributed by atoms with Gasteiger partial charge in [-0.05, 0) is 63.2 Å². The van der Waals surface area contributed by atoms with Crippen molar-refractivity contribution in [1.82, 2.24) is 9.97 Å². The molecule has 0 spiro atoms. The second-order valence-electron chi connectivity index (χ2n) is 5.29. The van der Waals surface area contributed by atoms with Crippen LogP contribution in [-0.4, -0.2) is 55.8 Å². The maximum absolute atomic E-state index is 13.5. The fourth-order valence-corrected chi connectivity index (χ4v) is 2.66. The minimum absolute atomic E-state index is 0.0296. The van der Waals surface area contributed by atoms with Crippen molar-refractivity contribution in [2.75, 3.05) is 20.2 Å². The van der Waals surface area contributed by atoms with E-state index in [1.54, 1.807) is 36.4 Å². The zero-order valence-corrected chi connectivity index (χ0v) is 17.5. The Hall–Kier alpha value is -1.56. The van der Waals surface area contributed by atoms with E-state index < -0.39 is 13.2 Å². The Balaban J connectivity index is 2.02. The molecule has 0 unspecified atom stereocenters. The molecule has 0 aromatic carbocycles. The van der Waals surface area contributed by atoms with Crippen molar-refractivity contribution in [1.29, 1.82) is 0 Å². The largest absolute Gasteiger partial charge is 0.601 e. The van der Waals surface area contributed by atoms with E-state index in [2.05, 4.69) is 56.5 Å². The highest BCUT2D eigenvalue weighted by atomic mass is 79.9. The van der Waals surface area contributed by atoms with Crippen molar-refractivity contribution >= 4 is 51.4 Å². The van der Waals surface area contributed by atoms with E-state index in [4.69, 9.17) is 4.65 Å². The first kappa shape index (κ1) is 21.7. The van der Waals surface area contributed by atoms with Crippen LogP contribution >= 0.6 is 31.9 Å². The highest BCUT2D eigenvalue weighted by Gasteiger charge is 2.29. The Kier molecular flexibility index (Phi) is 8.61. The first-order chi connectivity index (χ1) is 12.9. The van der Waals surface area contributed by atoms with Crippen molar-refractivity contribution in [2.24, 2.45) is 9.98 Å². The van der Waals surface area contributed by atoms with Crippen LogP contribution in [0.25, 0.3) is 0 Å². The van der Waals surface area contributed by atoms with E-state index in [0.717, 1.165) is 7.11 Å². The van der Waals surface area contributed by atoms with Gasteiger partial charge in [0.25, 0.3) is 0 Å². The molecule has 0 atom stereocenters. The van der Waals surface area contributed by atoms with Gasteiger partial charge in [-0.2, -0.15) is 0 Å². The average Bonchev–Trinajstić information content (AvgIpc) is 2.61. The van der Waals surface area contributed by atoms with Gasteiger partial charge in [-0.25, -0.2) is 9.97 Å². The van der Waals surface area contributed by atoms with Crippen molar-refractivity contribution in [2.45, 2.75) is 6.10 Å². The lowest BCUT2D eigenvalue weighted by Gasteiger charge is -2.28. The molecule has 144 valence electrons. The third-order valence-electron chi connectivity index (χ3n) is 3.16. The monoisotopic (exact) mass is 503 g/mol. The average molecular weight is 505 g/mol. The standard InChI is InChI=1S/C16H16BBr2F2N4O2/c1-26-17(20,21)27-14(10-22-8-12-4-2-6-15(18)24-12)11-23-9-13-5-3-7-16(19)25-13/h2-9,14H,10-11H2,1H3/q-1. The molecular formula is C16H16BBr2F2N4O2-. The van der Waals surface area contributed by atoms with Crippen molar-refractivity contribution in [3.63, 3.8) is 0 Å². The predicted molar refractivity (Wildman–Crippen MR) is 109 cm³/mol. The predicted octanol–water partition coefficient (Wildman–Crippen LogP) is 3.95. The number of halogens is 4. The topological polar surface area (TPSA) is 69.0 Å². The molecule has 2 rings (SSSR count). The van der Waals surface area contributed by atoms with Crippen LogP contribution in [0.2, 0.25) is 0 Å². The molecule has 0 saturated carbocycles. The van der Waals surface area contributed by atoms with Gasteiger partial charge in [0, 0.05) is 12.4 Å². The fourth-order valence-electron chi connectivity index (χ4n) is 1.94. The summed E-state index contributed by atoms with van der Waals surface area (Å²) in [5.41, 5.74) is 1.18. The van der Waals surface area contributed by atoms with Gasteiger partial charge in [0.05, 0.1) is 30.6 Å². The Morgan fingerprint density at radius 2 is 1.48 bits per heavy atom. The lowest BCUT2D eigenvalue weighted by atomic mass is 10.2. The van der Waals surface area contributed by atoms with Crippen molar-refractivity contribution in [3.8, 4) is 0 Å². The summed E-state index contributed by atoms with van der Waals surface area (Å²) in [7, 11) is -3.50. The summed E-state index contributed by atoms with van der Waals surface area (Å²) in [4.78, 5) is 16.6. The lowest BCUT2D eigenvalue weighted by Crippen LogP contribution is -2.38. The van der Waals surface area contributed by atoms with Crippen LogP contribution in [0.15, 0.2) is 55.6 Å². The maximum atomic E-state index is 13.5. The van der Waals surface area contributed by atoms with Crippen LogP contribution in [-0.2, 0) is 9.31 Å². The van der Waals surface area contributed by atoms with Gasteiger partial charge in [0.2, 0.25) is 0 Å². The molecule has 0 aliphatic carbocycles. The quantitative estimate of drug-likeness (QED) is 0.295. The number of hydrogen-bond donors (Lipinski definition) is 0. The molecule has 0 bridgehead atoms. The molecule has 0 radical (unpaired) electrons. The SMILES string of the molecule is CO[B-](F)(F)OC(CN=Cc1cccc(Br)n1)CN=Cc1cccc(Br)n1.